The topological polar surface area (TPSA) is 90.0 Å². The van der Waals surface area contributed by atoms with Crippen molar-refractivity contribution in [3.63, 3.8) is 0 Å². The van der Waals surface area contributed by atoms with E-state index >= 15 is 0 Å². The summed E-state index contributed by atoms with van der Waals surface area (Å²) in [5.74, 6) is -0.785. The summed E-state index contributed by atoms with van der Waals surface area (Å²) < 4.78 is 11.2. The normalized spacial score (nSPS) is 31.5. The molecule has 5 atom stereocenters. The quantitative estimate of drug-likeness (QED) is 0.471. The standard InChI is InChI=1S/C32H39NO6/c1-19(34)38-18-29(37)32(39-20(2)35)15-14-28-26-12-8-22-16-24(36)11-13-25(22)30(26)27(17-31(28,32)3)21-6-9-23(10-7-21)33(4)5/h6-7,9-10,16,26-28H,8,11-15,17-18H2,1-5H3/t26?,27?,28?,31-,32-/m0/s1. The Labute approximate surface area is 230 Å². The zero-order valence-corrected chi connectivity index (χ0v) is 23.7. The summed E-state index contributed by atoms with van der Waals surface area (Å²) in [5, 5.41) is 0. The fourth-order valence-electron chi connectivity index (χ4n) is 8.16. The molecule has 3 unspecified atom stereocenters. The van der Waals surface area contributed by atoms with Crippen LogP contribution in [-0.2, 0) is 28.7 Å². The van der Waals surface area contributed by atoms with Gasteiger partial charge in [-0.2, -0.15) is 0 Å². The molecule has 2 saturated carbocycles. The third kappa shape index (κ3) is 4.53. The molecule has 2 fully saturated rings. The Morgan fingerprint density at radius 2 is 1.72 bits per heavy atom. The van der Waals surface area contributed by atoms with Gasteiger partial charge < -0.3 is 14.4 Å². The van der Waals surface area contributed by atoms with Gasteiger partial charge in [0.05, 0.1) is 0 Å². The Morgan fingerprint density at radius 1 is 1.00 bits per heavy atom. The Balaban J connectivity index is 1.66. The van der Waals surface area contributed by atoms with Crippen LogP contribution in [0.5, 0.6) is 0 Å². The lowest BCUT2D eigenvalue weighted by Crippen LogP contribution is -2.58. The van der Waals surface area contributed by atoms with Crippen molar-refractivity contribution >= 4 is 29.2 Å². The Kier molecular flexibility index (Phi) is 7.06. The molecule has 7 nitrogen and oxygen atoms in total. The molecule has 39 heavy (non-hydrogen) atoms. The molecule has 4 aliphatic rings. The first-order valence-electron chi connectivity index (χ1n) is 14.1. The minimum absolute atomic E-state index is 0.0222. The van der Waals surface area contributed by atoms with E-state index in [1.54, 1.807) is 0 Å². The Hall–Kier alpha value is -3.22. The van der Waals surface area contributed by atoms with Crippen LogP contribution < -0.4 is 4.90 Å². The van der Waals surface area contributed by atoms with Crippen molar-refractivity contribution in [2.24, 2.45) is 17.3 Å². The van der Waals surface area contributed by atoms with E-state index in [-0.39, 0.29) is 29.3 Å². The maximum absolute atomic E-state index is 13.8. The minimum atomic E-state index is -1.35. The highest BCUT2D eigenvalue weighted by atomic mass is 16.6. The summed E-state index contributed by atoms with van der Waals surface area (Å²) in [5.41, 5.74) is 4.19. The monoisotopic (exact) mass is 533 g/mol. The molecule has 1 aromatic carbocycles. The van der Waals surface area contributed by atoms with Crippen LogP contribution in [0.3, 0.4) is 0 Å². The van der Waals surface area contributed by atoms with E-state index in [9.17, 15) is 19.2 Å². The van der Waals surface area contributed by atoms with E-state index in [2.05, 4.69) is 36.1 Å². The highest BCUT2D eigenvalue weighted by Gasteiger charge is 2.68. The molecule has 0 bridgehead atoms. The van der Waals surface area contributed by atoms with Gasteiger partial charge in [-0.05, 0) is 85.3 Å². The smallest absolute Gasteiger partial charge is 0.303 e. The zero-order chi connectivity index (χ0) is 28.1. The number of nitrogens with zero attached hydrogens (tertiary/aromatic N) is 1. The van der Waals surface area contributed by atoms with Crippen molar-refractivity contribution < 1.29 is 28.7 Å². The van der Waals surface area contributed by atoms with Crippen molar-refractivity contribution in [1.29, 1.82) is 0 Å². The van der Waals surface area contributed by atoms with Crippen molar-refractivity contribution in [1.82, 2.24) is 0 Å². The second kappa shape index (κ2) is 10.1. The number of esters is 2. The lowest BCUT2D eigenvalue weighted by Gasteiger charge is -2.55. The van der Waals surface area contributed by atoms with Gasteiger partial charge in [0.2, 0.25) is 5.78 Å². The summed E-state index contributed by atoms with van der Waals surface area (Å²) >= 11 is 0. The number of carbonyl (C=O) groups is 4. The number of allylic oxidation sites excluding steroid dienone is 4. The molecule has 0 N–H and O–H groups in total. The van der Waals surface area contributed by atoms with Crippen LogP contribution in [0.4, 0.5) is 5.69 Å². The predicted octanol–water partition coefficient (Wildman–Crippen LogP) is 5.09. The fourth-order valence-corrected chi connectivity index (χ4v) is 8.16. The first kappa shape index (κ1) is 27.4. The van der Waals surface area contributed by atoms with Gasteiger partial charge in [-0.25, -0.2) is 0 Å². The highest BCUT2D eigenvalue weighted by Crippen LogP contribution is 2.67. The van der Waals surface area contributed by atoms with E-state index in [0.717, 1.165) is 31.4 Å². The van der Waals surface area contributed by atoms with Crippen LogP contribution in [0, 0.1) is 17.3 Å². The number of hydrogen-bond acceptors (Lipinski definition) is 7. The van der Waals surface area contributed by atoms with Crippen LogP contribution in [0.25, 0.3) is 0 Å². The number of Topliss-reactive ketones (excluding diaryl/α,β-unsaturated/α-hetero) is 1. The fraction of sp³-hybridized carbons (Fsp3) is 0.562. The average Bonchev–Trinajstić information content (AvgIpc) is 3.18. The minimum Gasteiger partial charge on any atom is -0.458 e. The van der Waals surface area contributed by atoms with E-state index < -0.39 is 29.6 Å². The maximum Gasteiger partial charge on any atom is 0.303 e. The number of anilines is 1. The van der Waals surface area contributed by atoms with Gasteiger partial charge in [-0.15, -0.1) is 0 Å². The molecule has 1 aromatic rings. The van der Waals surface area contributed by atoms with Crippen molar-refractivity contribution in [3.05, 3.63) is 52.6 Å². The average molecular weight is 534 g/mol. The van der Waals surface area contributed by atoms with Gasteiger partial charge in [0.25, 0.3) is 0 Å². The first-order valence-corrected chi connectivity index (χ1v) is 14.1. The van der Waals surface area contributed by atoms with Crippen molar-refractivity contribution in [3.8, 4) is 0 Å². The van der Waals surface area contributed by atoms with Crippen LogP contribution >= 0.6 is 0 Å². The number of ether oxygens (including phenoxy) is 2. The maximum atomic E-state index is 13.8. The third-order valence-electron chi connectivity index (χ3n) is 9.84. The Bertz CT molecular complexity index is 1270. The predicted molar refractivity (Wildman–Crippen MR) is 147 cm³/mol. The molecule has 0 heterocycles. The molecule has 0 aromatic heterocycles. The van der Waals surface area contributed by atoms with Gasteiger partial charge >= 0.3 is 11.9 Å². The van der Waals surface area contributed by atoms with Crippen LogP contribution in [0.2, 0.25) is 0 Å². The SMILES string of the molecule is CC(=O)OCC(=O)[C@@]1(OC(C)=O)CCC2C3CCC4=CC(=O)CCC4=C3C(c3ccc(N(C)C)cc3)C[C@@]21C. The van der Waals surface area contributed by atoms with Gasteiger partial charge in [-0.1, -0.05) is 24.6 Å². The van der Waals surface area contributed by atoms with Crippen LogP contribution in [-0.4, -0.2) is 49.8 Å². The van der Waals surface area contributed by atoms with E-state index in [1.165, 1.54) is 36.1 Å². The molecule has 0 radical (unpaired) electrons. The summed E-state index contributed by atoms with van der Waals surface area (Å²) in [6, 6.07) is 8.58. The third-order valence-corrected chi connectivity index (χ3v) is 9.84. The molecule has 4 aliphatic carbocycles. The van der Waals surface area contributed by atoms with Crippen molar-refractivity contribution in [2.75, 3.05) is 25.6 Å². The molecular weight excluding hydrogens is 494 g/mol. The summed E-state index contributed by atoms with van der Waals surface area (Å²) in [6.45, 7) is 4.33. The zero-order valence-electron chi connectivity index (χ0n) is 23.7. The number of hydrogen-bond donors (Lipinski definition) is 0. The second-order valence-corrected chi connectivity index (χ2v) is 12.1. The lowest BCUT2D eigenvalue weighted by molar-refractivity contribution is -0.186. The molecule has 0 saturated heterocycles. The van der Waals surface area contributed by atoms with E-state index in [0.29, 0.717) is 19.3 Å². The summed E-state index contributed by atoms with van der Waals surface area (Å²) in [7, 11) is 4.03. The molecular formula is C32H39NO6. The molecule has 0 amide bonds. The van der Waals surface area contributed by atoms with E-state index in [4.69, 9.17) is 9.47 Å². The number of ketones is 2. The number of fused-ring (bicyclic) bond motifs is 4. The van der Waals surface area contributed by atoms with Gasteiger partial charge in [-0.3, -0.25) is 19.2 Å². The molecule has 208 valence electrons. The molecule has 5 rings (SSSR count). The molecule has 0 aliphatic heterocycles. The number of rotatable bonds is 6. The number of benzene rings is 1. The molecule has 0 spiro atoms. The second-order valence-electron chi connectivity index (χ2n) is 12.1. The van der Waals surface area contributed by atoms with Crippen LogP contribution in [0.1, 0.15) is 77.2 Å². The molecule has 7 heteroatoms. The lowest BCUT2D eigenvalue weighted by atomic mass is 9.50. The largest absolute Gasteiger partial charge is 0.458 e. The van der Waals surface area contributed by atoms with Gasteiger partial charge in [0, 0.05) is 51.4 Å². The van der Waals surface area contributed by atoms with Gasteiger partial charge in [0.15, 0.2) is 18.0 Å². The summed E-state index contributed by atoms with van der Waals surface area (Å²) in [6.07, 6.45) is 6.68. The van der Waals surface area contributed by atoms with Crippen molar-refractivity contribution in [2.45, 2.75) is 77.2 Å². The number of carbonyl (C=O) groups excluding carboxylic acids is 4. The first-order chi connectivity index (χ1) is 18.5. The van der Waals surface area contributed by atoms with E-state index in [1.807, 2.05) is 20.2 Å². The highest BCUT2D eigenvalue weighted by molar-refractivity contribution is 5.94. The summed E-state index contributed by atoms with van der Waals surface area (Å²) in [4.78, 5) is 52.3. The van der Waals surface area contributed by atoms with Crippen LogP contribution in [0.15, 0.2) is 47.1 Å². The van der Waals surface area contributed by atoms with Gasteiger partial charge in [0.1, 0.15) is 0 Å². The Morgan fingerprint density at radius 3 is 2.36 bits per heavy atom.